The number of amides is 1. The minimum atomic E-state index is -0.266. The summed E-state index contributed by atoms with van der Waals surface area (Å²) < 4.78 is 18.2. The van der Waals surface area contributed by atoms with Crippen molar-refractivity contribution in [3.8, 4) is 0 Å². The number of rotatable bonds is 7. The average Bonchev–Trinajstić information content (AvgIpc) is 2.32. The van der Waals surface area contributed by atoms with E-state index in [0.717, 1.165) is 5.56 Å². The number of hydrogen-bond donors (Lipinski definition) is 1. The van der Waals surface area contributed by atoms with Gasteiger partial charge in [0.15, 0.2) is 0 Å². The molecule has 4 heteroatoms. The monoisotopic (exact) mass is 253 g/mol. The molecule has 0 bridgehead atoms. The van der Waals surface area contributed by atoms with Crippen LogP contribution in [0.3, 0.4) is 0 Å². The highest BCUT2D eigenvalue weighted by atomic mass is 19.1. The molecule has 0 saturated carbocycles. The Morgan fingerprint density at radius 2 is 2.22 bits per heavy atom. The summed E-state index contributed by atoms with van der Waals surface area (Å²) in [5.74, 6) is -0.301. The largest absolute Gasteiger partial charge is 0.377 e. The predicted octanol–water partition coefficient (Wildman–Crippen LogP) is 2.30. The lowest BCUT2D eigenvalue weighted by molar-refractivity contribution is -0.121. The Bertz CT molecular complexity index is 380. The van der Waals surface area contributed by atoms with Crippen molar-refractivity contribution in [1.82, 2.24) is 5.32 Å². The molecule has 100 valence electrons. The van der Waals surface area contributed by atoms with Crippen LogP contribution in [-0.4, -0.2) is 25.2 Å². The lowest BCUT2D eigenvalue weighted by Crippen LogP contribution is -2.28. The van der Waals surface area contributed by atoms with Crippen molar-refractivity contribution in [2.75, 3.05) is 13.2 Å². The molecular formula is C14H20FNO2. The van der Waals surface area contributed by atoms with Crippen LogP contribution in [0.25, 0.3) is 0 Å². The molecule has 0 saturated heterocycles. The molecule has 0 aliphatic rings. The molecule has 0 spiro atoms. The van der Waals surface area contributed by atoms with Gasteiger partial charge >= 0.3 is 0 Å². The van der Waals surface area contributed by atoms with Gasteiger partial charge in [0.05, 0.1) is 12.7 Å². The Labute approximate surface area is 107 Å². The fourth-order valence-corrected chi connectivity index (χ4v) is 1.52. The summed E-state index contributed by atoms with van der Waals surface area (Å²) in [6.45, 7) is 4.93. The number of carbonyl (C=O) groups is 1. The van der Waals surface area contributed by atoms with E-state index in [-0.39, 0.29) is 17.8 Å². The Morgan fingerprint density at radius 3 is 2.89 bits per heavy atom. The third kappa shape index (κ3) is 6.35. The summed E-state index contributed by atoms with van der Waals surface area (Å²) >= 11 is 0. The summed E-state index contributed by atoms with van der Waals surface area (Å²) in [6, 6.07) is 6.32. The number of benzene rings is 1. The standard InChI is InChI=1S/C14H20FNO2/c1-11(2)18-9-8-16-14(17)7-6-12-4-3-5-13(15)10-12/h3-5,10-11H,6-9H2,1-2H3,(H,16,17). The highest BCUT2D eigenvalue weighted by molar-refractivity contribution is 5.76. The van der Waals surface area contributed by atoms with Gasteiger partial charge in [-0.3, -0.25) is 4.79 Å². The highest BCUT2D eigenvalue weighted by Crippen LogP contribution is 2.05. The van der Waals surface area contributed by atoms with Gasteiger partial charge in [-0.05, 0) is 38.0 Å². The zero-order valence-corrected chi connectivity index (χ0v) is 10.9. The first-order chi connectivity index (χ1) is 8.58. The van der Waals surface area contributed by atoms with Crippen LogP contribution >= 0.6 is 0 Å². The normalized spacial score (nSPS) is 10.7. The van der Waals surface area contributed by atoms with E-state index in [1.807, 2.05) is 19.9 Å². The first kappa shape index (κ1) is 14.6. The van der Waals surface area contributed by atoms with Gasteiger partial charge in [0.1, 0.15) is 5.82 Å². The first-order valence-electron chi connectivity index (χ1n) is 6.20. The van der Waals surface area contributed by atoms with Crippen LogP contribution in [0.5, 0.6) is 0 Å². The molecular weight excluding hydrogens is 233 g/mol. The molecule has 0 aliphatic carbocycles. The third-order valence-corrected chi connectivity index (χ3v) is 2.41. The molecule has 18 heavy (non-hydrogen) atoms. The van der Waals surface area contributed by atoms with E-state index in [1.165, 1.54) is 12.1 Å². The van der Waals surface area contributed by atoms with Crippen LogP contribution in [0.2, 0.25) is 0 Å². The summed E-state index contributed by atoms with van der Waals surface area (Å²) in [5.41, 5.74) is 0.837. The highest BCUT2D eigenvalue weighted by Gasteiger charge is 2.02. The lowest BCUT2D eigenvalue weighted by Gasteiger charge is -2.08. The number of carbonyl (C=O) groups excluding carboxylic acids is 1. The van der Waals surface area contributed by atoms with Crippen molar-refractivity contribution in [2.45, 2.75) is 32.8 Å². The second kappa shape index (κ2) is 7.82. The van der Waals surface area contributed by atoms with Gasteiger partial charge in [-0.15, -0.1) is 0 Å². The maximum atomic E-state index is 12.9. The quantitative estimate of drug-likeness (QED) is 0.757. The average molecular weight is 253 g/mol. The molecule has 1 aromatic rings. The SMILES string of the molecule is CC(C)OCCNC(=O)CCc1cccc(F)c1. The predicted molar refractivity (Wildman–Crippen MR) is 68.8 cm³/mol. The fraction of sp³-hybridized carbons (Fsp3) is 0.500. The molecule has 0 atom stereocenters. The Hall–Kier alpha value is -1.42. The topological polar surface area (TPSA) is 38.3 Å². The lowest BCUT2D eigenvalue weighted by atomic mass is 10.1. The zero-order valence-electron chi connectivity index (χ0n) is 10.9. The second-order valence-electron chi connectivity index (χ2n) is 4.40. The van der Waals surface area contributed by atoms with Crippen LogP contribution in [-0.2, 0) is 16.0 Å². The van der Waals surface area contributed by atoms with Crippen LogP contribution in [0.4, 0.5) is 4.39 Å². The van der Waals surface area contributed by atoms with Gasteiger partial charge in [0, 0.05) is 13.0 Å². The van der Waals surface area contributed by atoms with E-state index in [1.54, 1.807) is 6.07 Å². The number of hydrogen-bond acceptors (Lipinski definition) is 2. The minimum absolute atomic E-state index is 0.0355. The van der Waals surface area contributed by atoms with Crippen LogP contribution < -0.4 is 5.32 Å². The summed E-state index contributed by atoms with van der Waals surface area (Å²) in [5, 5.41) is 2.77. The molecule has 0 aromatic heterocycles. The maximum absolute atomic E-state index is 12.9. The number of ether oxygens (including phenoxy) is 1. The number of nitrogens with one attached hydrogen (secondary N) is 1. The van der Waals surface area contributed by atoms with Gasteiger partial charge < -0.3 is 10.1 Å². The van der Waals surface area contributed by atoms with Gasteiger partial charge in [-0.1, -0.05) is 12.1 Å². The number of halogens is 1. The molecule has 1 rings (SSSR count). The maximum Gasteiger partial charge on any atom is 0.220 e. The van der Waals surface area contributed by atoms with E-state index >= 15 is 0 Å². The third-order valence-electron chi connectivity index (χ3n) is 2.41. The zero-order chi connectivity index (χ0) is 13.4. The molecule has 0 radical (unpaired) electrons. The van der Waals surface area contributed by atoms with Gasteiger partial charge in [-0.25, -0.2) is 4.39 Å². The Morgan fingerprint density at radius 1 is 1.44 bits per heavy atom. The van der Waals surface area contributed by atoms with Crippen molar-refractivity contribution >= 4 is 5.91 Å². The fourth-order valence-electron chi connectivity index (χ4n) is 1.52. The van der Waals surface area contributed by atoms with Crippen molar-refractivity contribution in [3.05, 3.63) is 35.6 Å². The van der Waals surface area contributed by atoms with Crippen molar-refractivity contribution in [1.29, 1.82) is 0 Å². The smallest absolute Gasteiger partial charge is 0.220 e. The summed E-state index contributed by atoms with van der Waals surface area (Å²) in [4.78, 5) is 11.5. The molecule has 0 heterocycles. The molecule has 1 N–H and O–H groups in total. The molecule has 0 fully saturated rings. The molecule has 3 nitrogen and oxygen atoms in total. The Kier molecular flexibility index (Phi) is 6.36. The van der Waals surface area contributed by atoms with E-state index in [4.69, 9.17) is 4.74 Å². The van der Waals surface area contributed by atoms with E-state index < -0.39 is 0 Å². The van der Waals surface area contributed by atoms with Crippen LogP contribution in [0, 0.1) is 5.82 Å². The summed E-state index contributed by atoms with van der Waals surface area (Å²) in [7, 11) is 0. The second-order valence-corrected chi connectivity index (χ2v) is 4.40. The van der Waals surface area contributed by atoms with Crippen LogP contribution in [0.15, 0.2) is 24.3 Å². The van der Waals surface area contributed by atoms with Crippen LogP contribution in [0.1, 0.15) is 25.8 Å². The van der Waals surface area contributed by atoms with Crippen molar-refractivity contribution in [2.24, 2.45) is 0 Å². The van der Waals surface area contributed by atoms with Gasteiger partial charge in [0.25, 0.3) is 0 Å². The minimum Gasteiger partial charge on any atom is -0.377 e. The molecule has 1 amide bonds. The van der Waals surface area contributed by atoms with Crippen molar-refractivity contribution < 1.29 is 13.9 Å². The van der Waals surface area contributed by atoms with Gasteiger partial charge in [-0.2, -0.15) is 0 Å². The van der Waals surface area contributed by atoms with E-state index in [0.29, 0.717) is 26.0 Å². The van der Waals surface area contributed by atoms with E-state index in [9.17, 15) is 9.18 Å². The van der Waals surface area contributed by atoms with E-state index in [2.05, 4.69) is 5.32 Å². The molecule has 1 aromatic carbocycles. The first-order valence-corrected chi connectivity index (χ1v) is 6.20. The molecule has 0 unspecified atom stereocenters. The molecule has 0 aliphatic heterocycles. The van der Waals surface area contributed by atoms with Gasteiger partial charge in [0.2, 0.25) is 5.91 Å². The Balaban J connectivity index is 2.17. The number of aryl methyl sites for hydroxylation is 1. The van der Waals surface area contributed by atoms with Crippen molar-refractivity contribution in [3.63, 3.8) is 0 Å². The summed E-state index contributed by atoms with van der Waals surface area (Å²) in [6.07, 6.45) is 1.09.